The van der Waals surface area contributed by atoms with Crippen molar-refractivity contribution in [2.24, 2.45) is 5.10 Å². The first-order valence-electron chi connectivity index (χ1n) is 12.6. The highest BCUT2D eigenvalue weighted by atomic mass is 15.5. The van der Waals surface area contributed by atoms with Crippen LogP contribution in [0.25, 0.3) is 0 Å². The van der Waals surface area contributed by atoms with E-state index in [0.29, 0.717) is 0 Å². The van der Waals surface area contributed by atoms with Crippen molar-refractivity contribution < 1.29 is 0 Å². The minimum Gasteiger partial charge on any atom is -0.363 e. The molecule has 0 aliphatic heterocycles. The van der Waals surface area contributed by atoms with Crippen LogP contribution in [-0.2, 0) is 13.1 Å². The quantitative estimate of drug-likeness (QED) is 0.156. The first kappa shape index (κ1) is 24.1. The van der Waals surface area contributed by atoms with Crippen LogP contribution in [0.3, 0.4) is 0 Å². The maximum atomic E-state index is 4.90. The summed E-state index contributed by atoms with van der Waals surface area (Å²) in [5.41, 5.74) is 8.12. The summed E-state index contributed by atoms with van der Waals surface area (Å²) in [6.45, 7) is 3.85. The van der Waals surface area contributed by atoms with Crippen molar-refractivity contribution in [1.29, 1.82) is 0 Å². The number of anilines is 3. The van der Waals surface area contributed by atoms with Gasteiger partial charge in [0.05, 0.1) is 17.6 Å². The summed E-state index contributed by atoms with van der Waals surface area (Å²) < 4.78 is 0. The second-order valence-corrected chi connectivity index (χ2v) is 9.10. The normalized spacial score (nSPS) is 10.9. The number of hydrogen-bond acceptors (Lipinski definition) is 3. The zero-order valence-electron chi connectivity index (χ0n) is 21.1. The van der Waals surface area contributed by atoms with E-state index in [-0.39, 0.29) is 0 Å². The number of rotatable bonds is 9. The van der Waals surface area contributed by atoms with E-state index in [2.05, 4.69) is 115 Å². The topological polar surface area (TPSA) is 18.8 Å². The van der Waals surface area contributed by atoms with Gasteiger partial charge < -0.3 is 4.90 Å². The molecular weight excluding hydrogens is 450 g/mol. The van der Waals surface area contributed by atoms with Crippen LogP contribution in [0.1, 0.15) is 22.3 Å². The minimum absolute atomic E-state index is 0.846. The Balaban J connectivity index is 1.42. The van der Waals surface area contributed by atoms with Crippen molar-refractivity contribution >= 4 is 23.3 Å². The molecule has 0 spiro atoms. The highest BCUT2D eigenvalue weighted by molar-refractivity contribution is 5.84. The van der Waals surface area contributed by atoms with Crippen molar-refractivity contribution in [2.75, 3.05) is 9.91 Å². The third-order valence-electron chi connectivity index (χ3n) is 6.36. The van der Waals surface area contributed by atoms with E-state index in [9.17, 15) is 0 Å². The van der Waals surface area contributed by atoms with Crippen molar-refractivity contribution in [3.8, 4) is 0 Å². The molecule has 0 heterocycles. The van der Waals surface area contributed by atoms with Crippen LogP contribution < -0.4 is 9.91 Å². The third-order valence-corrected chi connectivity index (χ3v) is 6.36. The molecule has 3 nitrogen and oxygen atoms in total. The monoisotopic (exact) mass is 481 g/mol. The van der Waals surface area contributed by atoms with Crippen LogP contribution in [0.5, 0.6) is 0 Å². The molecule has 0 saturated carbocycles. The minimum atomic E-state index is 0.846. The number of para-hydroxylation sites is 2. The van der Waals surface area contributed by atoms with E-state index in [0.717, 1.165) is 30.0 Å². The fourth-order valence-electron chi connectivity index (χ4n) is 4.39. The lowest BCUT2D eigenvalue weighted by molar-refractivity contribution is 0.799. The number of aryl methyl sites for hydroxylation is 1. The summed E-state index contributed by atoms with van der Waals surface area (Å²) in [4.78, 5) is 2.43. The van der Waals surface area contributed by atoms with Gasteiger partial charge in [0.15, 0.2) is 0 Å². The zero-order valence-corrected chi connectivity index (χ0v) is 21.1. The number of nitrogens with zero attached hydrogens (tertiary/aromatic N) is 3. The summed E-state index contributed by atoms with van der Waals surface area (Å²) in [5, 5.41) is 6.88. The van der Waals surface area contributed by atoms with Crippen LogP contribution in [0, 0.1) is 6.92 Å². The van der Waals surface area contributed by atoms with Crippen LogP contribution in [0.4, 0.5) is 17.1 Å². The zero-order chi connectivity index (χ0) is 25.3. The summed E-state index contributed by atoms with van der Waals surface area (Å²) in [5.74, 6) is 0. The van der Waals surface area contributed by atoms with Gasteiger partial charge in [-0.3, -0.25) is 0 Å². The Kier molecular flexibility index (Phi) is 7.73. The first-order chi connectivity index (χ1) is 18.3. The van der Waals surface area contributed by atoms with Crippen molar-refractivity contribution in [2.45, 2.75) is 20.0 Å². The fourth-order valence-corrected chi connectivity index (χ4v) is 4.39. The second kappa shape index (κ2) is 11.9. The highest BCUT2D eigenvalue weighted by Crippen LogP contribution is 2.26. The van der Waals surface area contributed by atoms with Gasteiger partial charge >= 0.3 is 0 Å². The summed E-state index contributed by atoms with van der Waals surface area (Å²) >= 11 is 0. The molecular formula is C34H31N3. The average molecular weight is 482 g/mol. The molecule has 0 fully saturated rings. The molecule has 5 rings (SSSR count). The molecule has 0 aromatic heterocycles. The molecule has 0 N–H and O–H groups in total. The highest BCUT2D eigenvalue weighted by Gasteiger charge is 2.11. The molecule has 0 amide bonds. The average Bonchev–Trinajstić information content (AvgIpc) is 2.96. The lowest BCUT2D eigenvalue weighted by Crippen LogP contribution is -2.22. The number of hydrogen-bond donors (Lipinski definition) is 0. The lowest BCUT2D eigenvalue weighted by Gasteiger charge is -2.26. The summed E-state index contributed by atoms with van der Waals surface area (Å²) in [6.07, 6.45) is 1.96. The molecule has 5 aromatic rings. The van der Waals surface area contributed by atoms with Gasteiger partial charge in [0.1, 0.15) is 0 Å². The maximum Gasteiger partial charge on any atom is 0.0652 e. The van der Waals surface area contributed by atoms with Crippen molar-refractivity contribution in [1.82, 2.24) is 0 Å². The van der Waals surface area contributed by atoms with E-state index >= 15 is 0 Å². The van der Waals surface area contributed by atoms with Crippen molar-refractivity contribution in [3.05, 3.63) is 162 Å². The van der Waals surface area contributed by atoms with Gasteiger partial charge in [-0.2, -0.15) is 5.10 Å². The van der Waals surface area contributed by atoms with Gasteiger partial charge in [0, 0.05) is 18.8 Å². The first-order valence-corrected chi connectivity index (χ1v) is 12.6. The Bertz CT molecular complexity index is 1330. The lowest BCUT2D eigenvalue weighted by atomic mass is 10.1. The maximum absolute atomic E-state index is 4.90. The second-order valence-electron chi connectivity index (χ2n) is 9.10. The predicted molar refractivity (Wildman–Crippen MR) is 157 cm³/mol. The Morgan fingerprint density at radius 2 is 1.00 bits per heavy atom. The van der Waals surface area contributed by atoms with Gasteiger partial charge in [0.2, 0.25) is 0 Å². The van der Waals surface area contributed by atoms with Crippen molar-refractivity contribution in [3.63, 3.8) is 0 Å². The van der Waals surface area contributed by atoms with Crippen LogP contribution >= 0.6 is 0 Å². The fraction of sp³-hybridized carbons (Fsp3) is 0.0882. The van der Waals surface area contributed by atoms with E-state index in [1.165, 1.54) is 22.4 Å². The van der Waals surface area contributed by atoms with E-state index in [1.54, 1.807) is 0 Å². The molecule has 0 unspecified atom stereocenters. The van der Waals surface area contributed by atoms with E-state index in [1.807, 2.05) is 47.6 Å². The standard InChI is InChI=1S/C34H31N3/c1-28-24-34(36(26-29-14-6-2-7-15-29)27-30-16-8-3-9-17-30)23-22-31(28)25-35-37(32-18-10-4-11-19-32)33-20-12-5-13-21-33/h2-25H,26-27H2,1H3/b35-25+. The number of benzene rings is 5. The largest absolute Gasteiger partial charge is 0.363 e. The molecule has 37 heavy (non-hydrogen) atoms. The van der Waals surface area contributed by atoms with Gasteiger partial charge in [-0.15, -0.1) is 0 Å². The molecule has 0 aliphatic rings. The molecule has 0 radical (unpaired) electrons. The molecule has 3 heteroatoms. The summed E-state index contributed by atoms with van der Waals surface area (Å²) in [6, 6.07) is 48.4. The molecule has 5 aromatic carbocycles. The van der Waals surface area contributed by atoms with Crippen LogP contribution in [0.2, 0.25) is 0 Å². The molecule has 0 bridgehead atoms. The molecule has 0 saturated heterocycles. The molecule has 0 aliphatic carbocycles. The molecule has 182 valence electrons. The Labute approximate surface area is 220 Å². The molecule has 0 atom stereocenters. The van der Waals surface area contributed by atoms with Gasteiger partial charge in [0.25, 0.3) is 0 Å². The Morgan fingerprint density at radius 3 is 1.46 bits per heavy atom. The van der Waals surface area contributed by atoms with Crippen LogP contribution in [0.15, 0.2) is 145 Å². The van der Waals surface area contributed by atoms with Crippen LogP contribution in [-0.4, -0.2) is 6.21 Å². The summed E-state index contributed by atoms with van der Waals surface area (Å²) in [7, 11) is 0. The van der Waals surface area contributed by atoms with E-state index < -0.39 is 0 Å². The number of hydrazone groups is 1. The smallest absolute Gasteiger partial charge is 0.0652 e. The SMILES string of the molecule is Cc1cc(N(Cc2ccccc2)Cc2ccccc2)ccc1/C=N/N(c1ccccc1)c1ccccc1. The predicted octanol–water partition coefficient (Wildman–Crippen LogP) is 8.37. The van der Waals surface area contributed by atoms with E-state index in [4.69, 9.17) is 5.10 Å². The Hall–Kier alpha value is -4.63. The Morgan fingerprint density at radius 1 is 0.541 bits per heavy atom. The van der Waals surface area contributed by atoms with Gasteiger partial charge in [-0.25, -0.2) is 5.01 Å². The van der Waals surface area contributed by atoms with Gasteiger partial charge in [-0.1, -0.05) is 103 Å². The third kappa shape index (κ3) is 6.33. The van der Waals surface area contributed by atoms with Gasteiger partial charge in [-0.05, 0) is 65.6 Å².